The predicted molar refractivity (Wildman–Crippen MR) is 137 cm³/mol. The van der Waals surface area contributed by atoms with Gasteiger partial charge in [-0.3, -0.25) is 4.90 Å². The minimum atomic E-state index is -0.730. The Hall–Kier alpha value is -3.66. The van der Waals surface area contributed by atoms with Gasteiger partial charge < -0.3 is 5.32 Å². The number of alkyl halides is 1. The summed E-state index contributed by atoms with van der Waals surface area (Å²) in [4.78, 5) is 11.0. The van der Waals surface area contributed by atoms with Crippen LogP contribution in [0.3, 0.4) is 0 Å². The first-order valence-electron chi connectivity index (χ1n) is 12.7. The number of anilines is 2. The minimum Gasteiger partial charge on any atom is -0.325 e. The first-order valence-corrected chi connectivity index (χ1v) is 12.7. The number of hydrogen-bond donors (Lipinski definition) is 1. The zero-order valence-electron chi connectivity index (χ0n) is 21.2. The number of halogens is 2. The number of hydrogen-bond acceptors (Lipinski definition) is 6. The van der Waals surface area contributed by atoms with Crippen LogP contribution in [0.15, 0.2) is 36.7 Å². The highest BCUT2D eigenvalue weighted by Gasteiger charge is 2.28. The number of aromatic nitrogens is 6. The van der Waals surface area contributed by atoms with Crippen LogP contribution in [-0.2, 0) is 13.1 Å². The lowest BCUT2D eigenvalue weighted by Gasteiger charge is -2.34. The molecule has 0 spiro atoms. The molecule has 4 heterocycles. The van der Waals surface area contributed by atoms with Crippen molar-refractivity contribution in [3.05, 3.63) is 65.0 Å². The maximum Gasteiger partial charge on any atom is 0.159 e. The average Bonchev–Trinajstić information content (AvgIpc) is 3.58. The van der Waals surface area contributed by atoms with E-state index in [1.165, 1.54) is 31.3 Å². The van der Waals surface area contributed by atoms with Gasteiger partial charge >= 0.3 is 0 Å². The molecule has 0 radical (unpaired) electrons. The van der Waals surface area contributed by atoms with Gasteiger partial charge in [-0.15, -0.1) is 0 Å². The average molecular weight is 505 g/mol. The van der Waals surface area contributed by atoms with Crippen LogP contribution in [0, 0.1) is 32.5 Å². The Kier molecular flexibility index (Phi) is 5.98. The Labute approximate surface area is 214 Å². The van der Waals surface area contributed by atoms with Gasteiger partial charge in [0.2, 0.25) is 0 Å². The van der Waals surface area contributed by atoms with Gasteiger partial charge in [-0.05, 0) is 63.8 Å². The summed E-state index contributed by atoms with van der Waals surface area (Å²) in [5.74, 6) is 2.50. The fourth-order valence-electron chi connectivity index (χ4n) is 4.91. The van der Waals surface area contributed by atoms with Gasteiger partial charge in [0.1, 0.15) is 30.0 Å². The molecule has 1 saturated carbocycles. The molecule has 0 unspecified atom stereocenters. The van der Waals surface area contributed by atoms with Crippen LogP contribution >= 0.6 is 0 Å². The molecule has 2 aliphatic rings. The van der Waals surface area contributed by atoms with Crippen molar-refractivity contribution in [1.82, 2.24) is 34.4 Å². The van der Waals surface area contributed by atoms with Crippen molar-refractivity contribution in [2.24, 2.45) is 5.92 Å². The van der Waals surface area contributed by atoms with Gasteiger partial charge in [0.05, 0.1) is 11.4 Å². The van der Waals surface area contributed by atoms with Gasteiger partial charge in [0, 0.05) is 54.6 Å². The smallest absolute Gasteiger partial charge is 0.159 e. The summed E-state index contributed by atoms with van der Waals surface area (Å²) in [7, 11) is 0. The monoisotopic (exact) mass is 504 g/mol. The number of benzene rings is 1. The van der Waals surface area contributed by atoms with Crippen LogP contribution in [0.1, 0.15) is 35.4 Å². The molecule has 37 heavy (non-hydrogen) atoms. The van der Waals surface area contributed by atoms with Crippen LogP contribution in [0.25, 0.3) is 17.1 Å². The van der Waals surface area contributed by atoms with Crippen LogP contribution in [0.4, 0.5) is 20.4 Å². The Morgan fingerprint density at radius 3 is 2.49 bits per heavy atom. The highest BCUT2D eigenvalue weighted by molar-refractivity contribution is 5.71. The van der Waals surface area contributed by atoms with Crippen molar-refractivity contribution in [1.29, 1.82) is 0 Å². The topological polar surface area (TPSA) is 76.7 Å². The van der Waals surface area contributed by atoms with Crippen LogP contribution in [0.2, 0.25) is 0 Å². The standard InChI is InChI=1S/C27H30F2N8/c1-16-26(20-6-8-21(28)9-7-20)34-36(11-19-4-5-19)27(16)32-24-10-25(31-15-30-24)37-18(3)23(17(2)33-37)14-35-12-22(29)13-35/h6-10,15,19,22H,4-5,11-14H2,1-3H3,(H,30,31,32). The first-order chi connectivity index (χ1) is 17.9. The van der Waals surface area contributed by atoms with E-state index in [1.807, 2.05) is 36.2 Å². The maximum absolute atomic E-state index is 13.5. The van der Waals surface area contributed by atoms with E-state index in [0.717, 1.165) is 46.1 Å². The third-order valence-corrected chi connectivity index (χ3v) is 7.29. The molecule has 192 valence electrons. The third-order valence-electron chi connectivity index (χ3n) is 7.29. The van der Waals surface area contributed by atoms with E-state index in [9.17, 15) is 8.78 Å². The molecule has 0 bridgehead atoms. The van der Waals surface area contributed by atoms with E-state index >= 15 is 0 Å². The lowest BCUT2D eigenvalue weighted by Crippen LogP contribution is -2.47. The van der Waals surface area contributed by atoms with E-state index in [4.69, 9.17) is 10.2 Å². The molecule has 3 aromatic heterocycles. The lowest BCUT2D eigenvalue weighted by atomic mass is 10.1. The van der Waals surface area contributed by atoms with E-state index in [-0.39, 0.29) is 5.82 Å². The molecule has 4 aromatic rings. The summed E-state index contributed by atoms with van der Waals surface area (Å²) in [6, 6.07) is 8.30. The summed E-state index contributed by atoms with van der Waals surface area (Å²) >= 11 is 0. The third kappa shape index (κ3) is 4.73. The number of nitrogens with zero attached hydrogens (tertiary/aromatic N) is 7. The molecule has 1 N–H and O–H groups in total. The van der Waals surface area contributed by atoms with Crippen LogP contribution < -0.4 is 5.32 Å². The van der Waals surface area contributed by atoms with Gasteiger partial charge in [0.25, 0.3) is 0 Å². The predicted octanol–water partition coefficient (Wildman–Crippen LogP) is 4.90. The van der Waals surface area contributed by atoms with Crippen molar-refractivity contribution in [3.8, 4) is 17.1 Å². The zero-order chi connectivity index (χ0) is 25.7. The van der Waals surface area contributed by atoms with E-state index in [2.05, 4.69) is 20.2 Å². The molecule has 1 aliphatic carbocycles. The molecule has 0 atom stereocenters. The summed E-state index contributed by atoms with van der Waals surface area (Å²) in [5.41, 5.74) is 5.66. The van der Waals surface area contributed by atoms with Gasteiger partial charge in [-0.2, -0.15) is 10.2 Å². The van der Waals surface area contributed by atoms with Crippen molar-refractivity contribution in [2.45, 2.75) is 52.9 Å². The number of nitrogens with one attached hydrogen (secondary N) is 1. The molecule has 1 saturated heterocycles. The van der Waals surface area contributed by atoms with Crippen LogP contribution in [-0.4, -0.2) is 53.7 Å². The second-order valence-corrected chi connectivity index (χ2v) is 10.2. The van der Waals surface area contributed by atoms with Gasteiger partial charge in [-0.1, -0.05) is 0 Å². The van der Waals surface area contributed by atoms with Gasteiger partial charge in [0.15, 0.2) is 5.82 Å². The number of aryl methyl sites for hydroxylation is 1. The second kappa shape index (κ2) is 9.33. The fraction of sp³-hybridized carbons (Fsp3) is 0.407. The molecular weight excluding hydrogens is 474 g/mol. The number of rotatable bonds is 8. The SMILES string of the molecule is Cc1nn(-c2cc(Nc3c(C)c(-c4ccc(F)cc4)nn3CC3CC3)ncn2)c(C)c1CN1CC(F)C1. The Morgan fingerprint density at radius 1 is 1.03 bits per heavy atom. The summed E-state index contributed by atoms with van der Waals surface area (Å²) in [6.07, 6.45) is 3.19. The highest BCUT2D eigenvalue weighted by Crippen LogP contribution is 2.35. The summed E-state index contributed by atoms with van der Waals surface area (Å²) < 4.78 is 30.6. The normalized spacial score (nSPS) is 16.2. The summed E-state index contributed by atoms with van der Waals surface area (Å²) in [5, 5.41) is 13.1. The molecule has 10 heteroatoms. The van der Waals surface area contributed by atoms with Crippen molar-refractivity contribution in [3.63, 3.8) is 0 Å². The largest absolute Gasteiger partial charge is 0.325 e. The second-order valence-electron chi connectivity index (χ2n) is 10.2. The van der Waals surface area contributed by atoms with Crippen LogP contribution in [0.5, 0.6) is 0 Å². The first kappa shape index (κ1) is 23.7. The molecule has 2 fully saturated rings. The Balaban J connectivity index is 1.30. The molecule has 0 amide bonds. The lowest BCUT2D eigenvalue weighted by molar-refractivity contribution is 0.0588. The Bertz CT molecular complexity index is 1430. The Morgan fingerprint density at radius 2 is 1.78 bits per heavy atom. The van der Waals surface area contributed by atoms with E-state index in [0.29, 0.717) is 37.2 Å². The molecule has 6 rings (SSSR count). The minimum absolute atomic E-state index is 0.269. The zero-order valence-corrected chi connectivity index (χ0v) is 21.2. The number of likely N-dealkylation sites (tertiary alicyclic amines) is 1. The van der Waals surface area contributed by atoms with Crippen molar-refractivity contribution >= 4 is 11.6 Å². The molecular formula is C27H30F2N8. The highest BCUT2D eigenvalue weighted by atomic mass is 19.1. The maximum atomic E-state index is 13.5. The van der Waals surface area contributed by atoms with E-state index in [1.54, 1.807) is 12.1 Å². The van der Waals surface area contributed by atoms with Crippen molar-refractivity contribution in [2.75, 3.05) is 18.4 Å². The molecule has 8 nitrogen and oxygen atoms in total. The van der Waals surface area contributed by atoms with Gasteiger partial charge in [-0.25, -0.2) is 28.1 Å². The van der Waals surface area contributed by atoms with Crippen molar-refractivity contribution < 1.29 is 8.78 Å². The molecule has 1 aliphatic heterocycles. The summed E-state index contributed by atoms with van der Waals surface area (Å²) in [6.45, 7) is 8.45. The quantitative estimate of drug-likeness (QED) is 0.368. The molecule has 1 aromatic carbocycles. The fourth-order valence-corrected chi connectivity index (χ4v) is 4.91. The van der Waals surface area contributed by atoms with E-state index < -0.39 is 6.17 Å².